The van der Waals surface area contributed by atoms with Crippen LogP contribution in [0.2, 0.25) is 0 Å². The van der Waals surface area contributed by atoms with Crippen molar-refractivity contribution in [3.8, 4) is 5.69 Å². The van der Waals surface area contributed by atoms with E-state index in [9.17, 15) is 17.6 Å². The van der Waals surface area contributed by atoms with Crippen molar-refractivity contribution in [1.29, 1.82) is 0 Å². The molecule has 0 saturated heterocycles. The van der Waals surface area contributed by atoms with Gasteiger partial charge in [-0.2, -0.15) is 5.10 Å². The van der Waals surface area contributed by atoms with Crippen LogP contribution in [-0.4, -0.2) is 41.9 Å². The van der Waals surface area contributed by atoms with Crippen molar-refractivity contribution in [3.05, 3.63) is 77.4 Å². The average Bonchev–Trinajstić information content (AvgIpc) is 3.15. The molecule has 0 bridgehead atoms. The molecule has 0 radical (unpaired) electrons. The summed E-state index contributed by atoms with van der Waals surface area (Å²) in [5.41, 5.74) is 3.41. The maximum atomic E-state index is 13.3. The maximum absolute atomic E-state index is 13.3. The van der Waals surface area contributed by atoms with E-state index < -0.39 is 9.84 Å². The second-order valence-corrected chi connectivity index (χ2v) is 9.27. The van der Waals surface area contributed by atoms with E-state index in [2.05, 4.69) is 10.4 Å². The fourth-order valence-electron chi connectivity index (χ4n) is 3.50. The number of halogens is 1. The van der Waals surface area contributed by atoms with Gasteiger partial charge in [0.1, 0.15) is 5.82 Å². The Morgan fingerprint density at radius 1 is 1.20 bits per heavy atom. The maximum Gasteiger partial charge on any atom is 0.317 e. The van der Waals surface area contributed by atoms with Gasteiger partial charge in [0.2, 0.25) is 0 Å². The smallest absolute Gasteiger partial charge is 0.317 e. The summed E-state index contributed by atoms with van der Waals surface area (Å²) >= 11 is 0. The third-order valence-corrected chi connectivity index (χ3v) is 6.19. The molecule has 30 heavy (non-hydrogen) atoms. The normalized spacial score (nSPS) is 13.7. The minimum absolute atomic E-state index is 0.213. The number of fused-ring (bicyclic) bond motifs is 1. The Morgan fingerprint density at radius 3 is 2.67 bits per heavy atom. The quantitative estimate of drug-likeness (QED) is 0.693. The van der Waals surface area contributed by atoms with Crippen LogP contribution in [0.5, 0.6) is 0 Å². The predicted octanol–water partition coefficient (Wildman–Crippen LogP) is 2.68. The van der Waals surface area contributed by atoms with E-state index in [1.165, 1.54) is 18.4 Å². The second-order valence-electron chi connectivity index (χ2n) is 7.25. The van der Waals surface area contributed by atoms with Crippen LogP contribution in [0.4, 0.5) is 9.18 Å². The van der Waals surface area contributed by atoms with Crippen molar-refractivity contribution in [2.24, 2.45) is 0 Å². The van der Waals surface area contributed by atoms with E-state index in [4.69, 9.17) is 0 Å². The first kappa shape index (κ1) is 20.1. The number of nitrogens with zero attached hydrogens (tertiary/aromatic N) is 3. The number of rotatable bonds is 4. The molecule has 0 atom stereocenters. The van der Waals surface area contributed by atoms with Crippen LogP contribution < -0.4 is 5.32 Å². The highest BCUT2D eigenvalue weighted by molar-refractivity contribution is 7.90. The minimum Gasteiger partial charge on any atom is -0.334 e. The topological polar surface area (TPSA) is 84.3 Å². The Balaban J connectivity index is 1.44. The standard InChI is InChI=1S/C21H21FN4O3S/c1-30(28,29)19-7-5-18(6-8-19)26-20-9-10-25(14-16(20)13-24-26)21(27)23-12-15-3-2-4-17(22)11-15/h2-8,11,13H,9-10,12,14H2,1H3,(H,23,27). The van der Waals surface area contributed by atoms with E-state index in [1.54, 1.807) is 52.2 Å². The first-order chi connectivity index (χ1) is 14.3. The fourth-order valence-corrected chi connectivity index (χ4v) is 4.13. The predicted molar refractivity (Wildman–Crippen MR) is 109 cm³/mol. The van der Waals surface area contributed by atoms with Crippen LogP contribution in [0.1, 0.15) is 16.8 Å². The van der Waals surface area contributed by atoms with Crippen LogP contribution in [0, 0.1) is 5.82 Å². The van der Waals surface area contributed by atoms with E-state index >= 15 is 0 Å². The summed E-state index contributed by atoms with van der Waals surface area (Å²) in [5, 5.41) is 7.25. The molecular weight excluding hydrogens is 407 g/mol. The lowest BCUT2D eigenvalue weighted by Crippen LogP contribution is -2.42. The Hall–Kier alpha value is -3.20. The van der Waals surface area contributed by atoms with Gasteiger partial charge in [0.05, 0.1) is 29.0 Å². The summed E-state index contributed by atoms with van der Waals surface area (Å²) in [6, 6.07) is 12.5. The number of benzene rings is 2. The Kier molecular flexibility index (Phi) is 5.29. The Labute approximate surface area is 174 Å². The molecule has 9 heteroatoms. The van der Waals surface area contributed by atoms with Gasteiger partial charge >= 0.3 is 6.03 Å². The summed E-state index contributed by atoms with van der Waals surface area (Å²) < 4.78 is 38.3. The van der Waals surface area contributed by atoms with Crippen LogP contribution in [0.25, 0.3) is 5.69 Å². The highest BCUT2D eigenvalue weighted by Gasteiger charge is 2.24. The number of nitrogens with one attached hydrogen (secondary N) is 1. The molecule has 0 saturated carbocycles. The van der Waals surface area contributed by atoms with Gasteiger partial charge in [0, 0.05) is 31.3 Å². The van der Waals surface area contributed by atoms with Crippen LogP contribution >= 0.6 is 0 Å². The molecular formula is C21H21FN4O3S. The first-order valence-corrected chi connectivity index (χ1v) is 11.3. The lowest BCUT2D eigenvalue weighted by Gasteiger charge is -2.27. The number of hydrogen-bond donors (Lipinski definition) is 1. The number of aromatic nitrogens is 2. The van der Waals surface area contributed by atoms with Gasteiger partial charge in [-0.05, 0) is 42.0 Å². The summed E-state index contributed by atoms with van der Waals surface area (Å²) in [6.45, 7) is 1.20. The van der Waals surface area contributed by atoms with Crippen LogP contribution in [0.15, 0.2) is 59.6 Å². The zero-order valence-electron chi connectivity index (χ0n) is 16.4. The molecule has 0 unspecified atom stereocenters. The largest absolute Gasteiger partial charge is 0.334 e. The number of carbonyl (C=O) groups excluding carboxylic acids is 1. The zero-order chi connectivity index (χ0) is 21.3. The van der Waals surface area contributed by atoms with Gasteiger partial charge in [0.15, 0.2) is 9.84 Å². The minimum atomic E-state index is -3.25. The number of carbonyl (C=O) groups is 1. The molecule has 1 aromatic heterocycles. The summed E-state index contributed by atoms with van der Waals surface area (Å²) in [4.78, 5) is 14.5. The fraction of sp³-hybridized carbons (Fsp3) is 0.238. The number of hydrogen-bond acceptors (Lipinski definition) is 4. The molecule has 2 heterocycles. The molecule has 4 rings (SSSR count). The van der Waals surface area contributed by atoms with E-state index in [0.717, 1.165) is 16.9 Å². The van der Waals surface area contributed by atoms with Gasteiger partial charge in [-0.25, -0.2) is 22.3 Å². The monoisotopic (exact) mass is 428 g/mol. The van der Waals surface area contributed by atoms with Gasteiger partial charge in [0.25, 0.3) is 0 Å². The number of urea groups is 1. The average molecular weight is 428 g/mol. The van der Waals surface area contributed by atoms with Crippen molar-refractivity contribution < 1.29 is 17.6 Å². The molecule has 1 aliphatic rings. The van der Waals surface area contributed by atoms with E-state index in [1.807, 2.05) is 0 Å². The highest BCUT2D eigenvalue weighted by Crippen LogP contribution is 2.23. The lowest BCUT2D eigenvalue weighted by molar-refractivity contribution is 0.191. The van der Waals surface area contributed by atoms with E-state index in [0.29, 0.717) is 25.1 Å². The van der Waals surface area contributed by atoms with Crippen LogP contribution in [-0.2, 0) is 29.3 Å². The van der Waals surface area contributed by atoms with Crippen molar-refractivity contribution in [3.63, 3.8) is 0 Å². The van der Waals surface area contributed by atoms with Crippen molar-refractivity contribution in [1.82, 2.24) is 20.0 Å². The molecule has 0 spiro atoms. The molecule has 156 valence electrons. The lowest BCUT2D eigenvalue weighted by atomic mass is 10.1. The number of amides is 2. The third-order valence-electron chi connectivity index (χ3n) is 5.06. The summed E-state index contributed by atoms with van der Waals surface area (Å²) in [6.07, 6.45) is 3.52. The third kappa shape index (κ3) is 4.20. The first-order valence-electron chi connectivity index (χ1n) is 9.45. The number of sulfone groups is 1. The molecule has 3 aromatic rings. The van der Waals surface area contributed by atoms with Gasteiger partial charge in [-0.1, -0.05) is 12.1 Å². The SMILES string of the molecule is CS(=O)(=O)c1ccc(-n2ncc3c2CCN(C(=O)NCc2cccc(F)c2)C3)cc1. The summed E-state index contributed by atoms with van der Waals surface area (Å²) in [7, 11) is -3.25. The van der Waals surface area contributed by atoms with Crippen molar-refractivity contribution in [2.75, 3.05) is 12.8 Å². The van der Waals surface area contributed by atoms with Gasteiger partial charge in [-0.15, -0.1) is 0 Å². The molecule has 2 amide bonds. The molecule has 7 nitrogen and oxygen atoms in total. The van der Waals surface area contributed by atoms with Crippen molar-refractivity contribution in [2.45, 2.75) is 24.4 Å². The zero-order valence-corrected chi connectivity index (χ0v) is 17.2. The molecule has 1 N–H and O–H groups in total. The van der Waals surface area contributed by atoms with Gasteiger partial charge < -0.3 is 10.2 Å². The summed E-state index contributed by atoms with van der Waals surface area (Å²) in [5.74, 6) is -0.332. The molecule has 0 fully saturated rings. The van der Waals surface area contributed by atoms with Crippen LogP contribution in [0.3, 0.4) is 0 Å². The molecule has 0 aliphatic carbocycles. The van der Waals surface area contributed by atoms with Crippen molar-refractivity contribution >= 4 is 15.9 Å². The molecule has 2 aromatic carbocycles. The second kappa shape index (κ2) is 7.91. The van der Waals surface area contributed by atoms with E-state index in [-0.39, 0.29) is 23.3 Å². The Morgan fingerprint density at radius 2 is 1.97 bits per heavy atom. The Bertz CT molecular complexity index is 1190. The molecule has 1 aliphatic heterocycles. The van der Waals surface area contributed by atoms with Gasteiger partial charge in [-0.3, -0.25) is 0 Å². The highest BCUT2D eigenvalue weighted by atomic mass is 32.2.